The van der Waals surface area contributed by atoms with Crippen molar-refractivity contribution in [1.29, 1.82) is 0 Å². The Labute approximate surface area is 52.3 Å². The molecule has 0 saturated heterocycles. The molecular formula is C7H16N. The smallest absolute Gasteiger partial charge is 0.00773 e. The molecule has 0 amide bonds. The summed E-state index contributed by atoms with van der Waals surface area (Å²) >= 11 is 0. The first kappa shape index (κ1) is 7.96. The molecule has 0 atom stereocenters. The minimum atomic E-state index is 0.845. The zero-order valence-corrected chi connectivity index (χ0v) is 5.69. The summed E-state index contributed by atoms with van der Waals surface area (Å²) in [4.78, 5) is 0. The van der Waals surface area contributed by atoms with Crippen LogP contribution < -0.4 is 5.73 Å². The first-order chi connectivity index (χ1) is 3.91. The molecule has 0 aliphatic rings. The zero-order valence-electron chi connectivity index (χ0n) is 5.69. The standard InChI is InChI=1S/C7H16N/c1-2-3-4-5-6-7-8/h3H,2,4-8H2,1H3. The molecule has 0 aliphatic heterocycles. The number of unbranched alkanes of at least 4 members (excludes halogenated alkanes) is 4. The van der Waals surface area contributed by atoms with Gasteiger partial charge in [0.1, 0.15) is 0 Å². The van der Waals surface area contributed by atoms with E-state index in [4.69, 9.17) is 5.73 Å². The van der Waals surface area contributed by atoms with Crippen LogP contribution in [0.1, 0.15) is 32.6 Å². The van der Waals surface area contributed by atoms with E-state index in [-0.39, 0.29) is 0 Å². The van der Waals surface area contributed by atoms with Gasteiger partial charge in [0.25, 0.3) is 0 Å². The highest BCUT2D eigenvalue weighted by Gasteiger charge is 1.83. The van der Waals surface area contributed by atoms with Crippen molar-refractivity contribution in [3.05, 3.63) is 6.42 Å². The van der Waals surface area contributed by atoms with Gasteiger partial charge in [-0.3, -0.25) is 0 Å². The normalized spacial score (nSPS) is 9.75. The van der Waals surface area contributed by atoms with E-state index >= 15 is 0 Å². The Bertz CT molecular complexity index is 29.4. The molecule has 0 saturated carbocycles. The van der Waals surface area contributed by atoms with Crippen molar-refractivity contribution in [3.63, 3.8) is 0 Å². The molecule has 0 aromatic carbocycles. The quantitative estimate of drug-likeness (QED) is 0.541. The van der Waals surface area contributed by atoms with Gasteiger partial charge in [0.2, 0.25) is 0 Å². The van der Waals surface area contributed by atoms with Crippen LogP contribution in [0.4, 0.5) is 0 Å². The maximum atomic E-state index is 5.30. The summed E-state index contributed by atoms with van der Waals surface area (Å²) in [6, 6.07) is 0. The van der Waals surface area contributed by atoms with Crippen LogP contribution in [0.15, 0.2) is 0 Å². The van der Waals surface area contributed by atoms with Crippen molar-refractivity contribution in [3.8, 4) is 0 Å². The summed E-state index contributed by atoms with van der Waals surface area (Å²) in [6.45, 7) is 3.01. The molecule has 0 aliphatic carbocycles. The van der Waals surface area contributed by atoms with Gasteiger partial charge in [0.05, 0.1) is 0 Å². The Morgan fingerprint density at radius 3 is 2.62 bits per heavy atom. The third kappa shape index (κ3) is 5.96. The van der Waals surface area contributed by atoms with Crippen LogP contribution in [0.25, 0.3) is 0 Å². The fourth-order valence-corrected chi connectivity index (χ4v) is 0.637. The van der Waals surface area contributed by atoms with E-state index < -0.39 is 0 Å². The summed E-state index contributed by atoms with van der Waals surface area (Å²) in [5, 5.41) is 0. The molecule has 0 spiro atoms. The second-order valence-electron chi connectivity index (χ2n) is 1.98. The fraction of sp³-hybridized carbons (Fsp3) is 0.857. The summed E-state index contributed by atoms with van der Waals surface area (Å²) in [5.41, 5.74) is 5.30. The van der Waals surface area contributed by atoms with E-state index in [9.17, 15) is 0 Å². The van der Waals surface area contributed by atoms with E-state index in [2.05, 4.69) is 13.3 Å². The molecule has 0 bridgehead atoms. The van der Waals surface area contributed by atoms with Crippen LogP contribution in [0.5, 0.6) is 0 Å². The van der Waals surface area contributed by atoms with Crippen molar-refractivity contribution >= 4 is 0 Å². The molecule has 0 aromatic rings. The Morgan fingerprint density at radius 1 is 1.38 bits per heavy atom. The van der Waals surface area contributed by atoms with Gasteiger partial charge in [-0.25, -0.2) is 0 Å². The summed E-state index contributed by atoms with van der Waals surface area (Å²) < 4.78 is 0. The SMILES string of the molecule is CC[CH]CCCCN. The number of nitrogens with two attached hydrogens (primary N) is 1. The van der Waals surface area contributed by atoms with Crippen molar-refractivity contribution < 1.29 is 0 Å². The maximum absolute atomic E-state index is 5.30. The largest absolute Gasteiger partial charge is 0.330 e. The van der Waals surface area contributed by atoms with E-state index in [1.54, 1.807) is 0 Å². The lowest BCUT2D eigenvalue weighted by molar-refractivity contribution is 0.722. The minimum absolute atomic E-state index is 0.845. The van der Waals surface area contributed by atoms with Crippen LogP contribution in [-0.2, 0) is 0 Å². The average Bonchev–Trinajstić information content (AvgIpc) is 1.81. The van der Waals surface area contributed by atoms with Crippen LogP contribution in [-0.4, -0.2) is 6.54 Å². The number of hydrogen-bond acceptors (Lipinski definition) is 1. The van der Waals surface area contributed by atoms with E-state index in [0.717, 1.165) is 6.54 Å². The second-order valence-corrected chi connectivity index (χ2v) is 1.98. The molecule has 0 heterocycles. The van der Waals surface area contributed by atoms with Crippen molar-refractivity contribution in [2.45, 2.75) is 32.6 Å². The van der Waals surface area contributed by atoms with Gasteiger partial charge < -0.3 is 5.73 Å². The van der Waals surface area contributed by atoms with Crippen molar-refractivity contribution in [2.75, 3.05) is 6.54 Å². The van der Waals surface area contributed by atoms with Gasteiger partial charge in [-0.05, 0) is 19.4 Å². The van der Waals surface area contributed by atoms with E-state index in [0.29, 0.717) is 0 Å². The zero-order chi connectivity index (χ0) is 6.24. The van der Waals surface area contributed by atoms with Gasteiger partial charge in [-0.1, -0.05) is 26.2 Å². The molecule has 8 heavy (non-hydrogen) atoms. The topological polar surface area (TPSA) is 26.0 Å². The lowest BCUT2D eigenvalue weighted by Gasteiger charge is -1.93. The molecule has 49 valence electrons. The minimum Gasteiger partial charge on any atom is -0.330 e. The third-order valence-corrected chi connectivity index (χ3v) is 1.15. The predicted octanol–water partition coefficient (Wildman–Crippen LogP) is 1.73. The molecule has 0 rings (SSSR count). The molecule has 2 N–H and O–H groups in total. The summed E-state index contributed by atoms with van der Waals surface area (Å²) in [5.74, 6) is 0. The van der Waals surface area contributed by atoms with Gasteiger partial charge in [-0.15, -0.1) is 0 Å². The average molecular weight is 114 g/mol. The van der Waals surface area contributed by atoms with Crippen molar-refractivity contribution in [2.24, 2.45) is 5.73 Å². The highest BCUT2D eigenvalue weighted by atomic mass is 14.5. The lowest BCUT2D eigenvalue weighted by Crippen LogP contribution is -1.97. The monoisotopic (exact) mass is 114 g/mol. The summed E-state index contributed by atoms with van der Waals surface area (Å²) in [7, 11) is 0. The van der Waals surface area contributed by atoms with Crippen LogP contribution >= 0.6 is 0 Å². The van der Waals surface area contributed by atoms with Gasteiger partial charge in [-0.2, -0.15) is 0 Å². The molecule has 0 unspecified atom stereocenters. The molecule has 1 nitrogen and oxygen atoms in total. The number of rotatable bonds is 5. The van der Waals surface area contributed by atoms with Crippen LogP contribution in [0.2, 0.25) is 0 Å². The molecular weight excluding hydrogens is 98.1 g/mol. The fourth-order valence-electron chi connectivity index (χ4n) is 0.637. The number of hydrogen-bond donors (Lipinski definition) is 1. The van der Waals surface area contributed by atoms with E-state index in [1.807, 2.05) is 0 Å². The molecule has 1 radical (unpaired) electrons. The summed E-state index contributed by atoms with van der Waals surface area (Å²) in [6.07, 6.45) is 7.19. The molecule has 0 fully saturated rings. The Kier molecular flexibility index (Phi) is 6.93. The third-order valence-electron chi connectivity index (χ3n) is 1.15. The molecule has 1 heteroatoms. The Balaban J connectivity index is 2.53. The van der Waals surface area contributed by atoms with Gasteiger partial charge >= 0.3 is 0 Å². The first-order valence-corrected chi connectivity index (χ1v) is 3.43. The van der Waals surface area contributed by atoms with Gasteiger partial charge in [0, 0.05) is 0 Å². The Hall–Kier alpha value is -0.0400. The highest BCUT2D eigenvalue weighted by molar-refractivity contribution is 4.60. The Morgan fingerprint density at radius 2 is 2.12 bits per heavy atom. The second kappa shape index (κ2) is 6.96. The lowest BCUT2D eigenvalue weighted by atomic mass is 10.2. The molecule has 0 aromatic heterocycles. The highest BCUT2D eigenvalue weighted by Crippen LogP contribution is 1.98. The van der Waals surface area contributed by atoms with Crippen LogP contribution in [0.3, 0.4) is 0 Å². The van der Waals surface area contributed by atoms with Crippen molar-refractivity contribution in [1.82, 2.24) is 0 Å². The predicted molar refractivity (Wildman–Crippen MR) is 37.5 cm³/mol. The van der Waals surface area contributed by atoms with Crippen LogP contribution in [0, 0.1) is 6.42 Å². The first-order valence-electron chi connectivity index (χ1n) is 3.43. The van der Waals surface area contributed by atoms with E-state index in [1.165, 1.54) is 25.7 Å². The maximum Gasteiger partial charge on any atom is -0.00773 e. The van der Waals surface area contributed by atoms with Gasteiger partial charge in [0.15, 0.2) is 0 Å².